The largest absolute Gasteiger partial charge is 0.371 e. The molecule has 0 bridgehead atoms. The molecular weight excluding hydrogens is 332 g/mol. The molecule has 4 rings (SSSR count). The molecule has 0 saturated heterocycles. The first-order valence-electron chi connectivity index (χ1n) is 9.10. The molecule has 0 fully saturated rings. The van der Waals surface area contributed by atoms with Crippen molar-refractivity contribution in [3.63, 3.8) is 0 Å². The van der Waals surface area contributed by atoms with Crippen LogP contribution in [0.2, 0.25) is 0 Å². The summed E-state index contributed by atoms with van der Waals surface area (Å²) in [4.78, 5) is 14.5. The van der Waals surface area contributed by atoms with E-state index in [1.165, 1.54) is 0 Å². The first kappa shape index (κ1) is 17.1. The molecule has 0 aliphatic carbocycles. The molecule has 1 aliphatic rings. The van der Waals surface area contributed by atoms with Crippen LogP contribution in [0, 0.1) is 0 Å². The average Bonchev–Trinajstić information content (AvgIpc) is 2.84. The van der Waals surface area contributed by atoms with E-state index >= 15 is 0 Å². The summed E-state index contributed by atoms with van der Waals surface area (Å²) in [5.74, 6) is -0.0170. The fraction of sp³-hybridized carbons (Fsp3) is 0.125. The van der Waals surface area contributed by atoms with E-state index in [0.717, 1.165) is 28.2 Å². The lowest BCUT2D eigenvalue weighted by Gasteiger charge is -2.29. The summed E-state index contributed by atoms with van der Waals surface area (Å²) in [5, 5.41) is 3.67. The monoisotopic (exact) mass is 354 g/mol. The minimum atomic E-state index is -0.466. The fourth-order valence-electron chi connectivity index (χ4n) is 3.66. The summed E-state index contributed by atoms with van der Waals surface area (Å²) in [7, 11) is 0. The number of nitrogens with one attached hydrogen (secondary N) is 1. The van der Waals surface area contributed by atoms with E-state index in [4.69, 9.17) is 0 Å². The van der Waals surface area contributed by atoms with Crippen molar-refractivity contribution in [2.75, 3.05) is 10.2 Å². The molecule has 3 heteroatoms. The smallest absolute Gasteiger partial charge is 0.228 e. The van der Waals surface area contributed by atoms with Gasteiger partial charge in [-0.25, -0.2) is 0 Å². The highest BCUT2D eigenvalue weighted by Gasteiger charge is 2.33. The van der Waals surface area contributed by atoms with Gasteiger partial charge in [-0.15, -0.1) is 0 Å². The molecule has 3 aromatic carbocycles. The number of amides is 1. The Kier molecular flexibility index (Phi) is 4.28. The van der Waals surface area contributed by atoms with Crippen molar-refractivity contribution in [3.05, 3.63) is 102 Å². The number of anilines is 2. The molecule has 134 valence electrons. The molecule has 0 radical (unpaired) electrons. The topological polar surface area (TPSA) is 32.3 Å². The molecule has 27 heavy (non-hydrogen) atoms. The number of para-hydroxylation sites is 2. The van der Waals surface area contributed by atoms with Crippen LogP contribution in [0.25, 0.3) is 5.70 Å². The first-order valence-corrected chi connectivity index (χ1v) is 9.10. The molecule has 1 heterocycles. The first-order chi connectivity index (χ1) is 13.1. The Morgan fingerprint density at radius 2 is 1.44 bits per heavy atom. The van der Waals surface area contributed by atoms with Crippen molar-refractivity contribution in [1.82, 2.24) is 0 Å². The van der Waals surface area contributed by atoms with Gasteiger partial charge in [0.15, 0.2) is 0 Å². The van der Waals surface area contributed by atoms with Crippen molar-refractivity contribution >= 4 is 23.0 Å². The Hall–Kier alpha value is -3.33. The molecular formula is C24H22N2O. The summed E-state index contributed by atoms with van der Waals surface area (Å²) in [6.45, 7) is 3.75. The number of rotatable bonds is 2. The van der Waals surface area contributed by atoms with E-state index < -0.39 is 5.54 Å². The number of carbonyl (C=O) groups excluding carboxylic acids is 1. The third-order valence-corrected chi connectivity index (χ3v) is 4.96. The zero-order chi connectivity index (χ0) is 18.9. The van der Waals surface area contributed by atoms with E-state index in [1.54, 1.807) is 11.8 Å². The predicted molar refractivity (Wildman–Crippen MR) is 111 cm³/mol. The van der Waals surface area contributed by atoms with Gasteiger partial charge in [-0.1, -0.05) is 72.8 Å². The number of benzene rings is 3. The molecule has 1 N–H and O–H groups in total. The molecule has 0 saturated carbocycles. The van der Waals surface area contributed by atoms with Crippen LogP contribution in [0.5, 0.6) is 0 Å². The predicted octanol–water partition coefficient (Wildman–Crippen LogP) is 5.42. The van der Waals surface area contributed by atoms with Crippen LogP contribution < -0.4 is 10.2 Å². The maximum absolute atomic E-state index is 12.7. The van der Waals surface area contributed by atoms with Crippen molar-refractivity contribution in [3.8, 4) is 0 Å². The lowest BCUT2D eigenvalue weighted by atomic mass is 9.89. The molecule has 0 spiro atoms. The van der Waals surface area contributed by atoms with Crippen LogP contribution in [0.15, 0.2) is 91.0 Å². The van der Waals surface area contributed by atoms with Gasteiger partial charge in [0, 0.05) is 6.92 Å². The minimum absolute atomic E-state index is 0.0170. The van der Waals surface area contributed by atoms with Gasteiger partial charge in [0.1, 0.15) is 0 Å². The van der Waals surface area contributed by atoms with Crippen molar-refractivity contribution in [2.45, 2.75) is 19.4 Å². The minimum Gasteiger partial charge on any atom is -0.371 e. The van der Waals surface area contributed by atoms with Crippen LogP contribution in [0.4, 0.5) is 11.4 Å². The van der Waals surface area contributed by atoms with Gasteiger partial charge in [0.25, 0.3) is 0 Å². The van der Waals surface area contributed by atoms with Gasteiger partial charge < -0.3 is 5.32 Å². The molecule has 1 atom stereocenters. The van der Waals surface area contributed by atoms with Crippen LogP contribution >= 0.6 is 0 Å². The molecule has 3 aromatic rings. The third kappa shape index (κ3) is 3.13. The number of nitrogens with zero attached hydrogens (tertiary/aromatic N) is 1. The Morgan fingerprint density at radius 3 is 2.11 bits per heavy atom. The van der Waals surface area contributed by atoms with Crippen LogP contribution in [0.1, 0.15) is 25.0 Å². The highest BCUT2D eigenvalue weighted by molar-refractivity contribution is 6.08. The van der Waals surface area contributed by atoms with Gasteiger partial charge >= 0.3 is 0 Å². The van der Waals surface area contributed by atoms with E-state index in [1.807, 2.05) is 72.8 Å². The summed E-state index contributed by atoms with van der Waals surface area (Å²) < 4.78 is 0. The number of fused-ring (bicyclic) bond motifs is 1. The molecule has 3 nitrogen and oxygen atoms in total. The second-order valence-corrected chi connectivity index (χ2v) is 6.96. The van der Waals surface area contributed by atoms with Gasteiger partial charge in [-0.3, -0.25) is 9.69 Å². The van der Waals surface area contributed by atoms with E-state index in [0.29, 0.717) is 0 Å². The van der Waals surface area contributed by atoms with E-state index in [2.05, 4.69) is 30.4 Å². The summed E-state index contributed by atoms with van der Waals surface area (Å²) in [6.07, 6.45) is 2.15. The van der Waals surface area contributed by atoms with Crippen molar-refractivity contribution < 1.29 is 4.79 Å². The van der Waals surface area contributed by atoms with Crippen LogP contribution in [-0.4, -0.2) is 5.91 Å². The number of hydrogen-bond acceptors (Lipinski definition) is 2. The second kappa shape index (κ2) is 6.76. The van der Waals surface area contributed by atoms with Crippen LogP contribution in [-0.2, 0) is 10.3 Å². The summed E-state index contributed by atoms with van der Waals surface area (Å²) in [6, 6.07) is 28.3. The van der Waals surface area contributed by atoms with Gasteiger partial charge in [-0.05, 0) is 36.3 Å². The molecule has 0 aromatic heterocycles. The Morgan fingerprint density at radius 1 is 0.852 bits per heavy atom. The van der Waals surface area contributed by atoms with Gasteiger partial charge in [-0.2, -0.15) is 0 Å². The zero-order valence-corrected chi connectivity index (χ0v) is 15.5. The zero-order valence-electron chi connectivity index (χ0n) is 15.5. The Balaban J connectivity index is 2.01. The van der Waals surface area contributed by atoms with Crippen LogP contribution in [0.3, 0.4) is 0 Å². The fourth-order valence-corrected chi connectivity index (χ4v) is 3.66. The number of hydrogen-bond donors (Lipinski definition) is 1. The molecule has 1 unspecified atom stereocenters. The number of carbonyl (C=O) groups is 1. The lowest BCUT2D eigenvalue weighted by molar-refractivity contribution is -0.115. The highest BCUT2D eigenvalue weighted by Crippen LogP contribution is 2.42. The standard InChI is InChI=1S/C24H22N2O/c1-18(27)26-22-16-10-9-15-21(22)25-24(2,20-13-7-4-8-14-20)17-23(26)19-11-5-3-6-12-19/h3-17,25H,1-2H3. The molecule has 1 amide bonds. The summed E-state index contributed by atoms with van der Waals surface area (Å²) >= 11 is 0. The van der Waals surface area contributed by atoms with E-state index in [9.17, 15) is 4.79 Å². The summed E-state index contributed by atoms with van der Waals surface area (Å²) in [5.41, 5.74) is 4.35. The van der Waals surface area contributed by atoms with Crippen molar-refractivity contribution in [2.24, 2.45) is 0 Å². The molecule has 1 aliphatic heterocycles. The third-order valence-electron chi connectivity index (χ3n) is 4.96. The maximum Gasteiger partial charge on any atom is 0.228 e. The second-order valence-electron chi connectivity index (χ2n) is 6.96. The highest BCUT2D eigenvalue weighted by atomic mass is 16.2. The van der Waals surface area contributed by atoms with Crippen molar-refractivity contribution in [1.29, 1.82) is 0 Å². The maximum atomic E-state index is 12.7. The van der Waals surface area contributed by atoms with Gasteiger partial charge in [0.05, 0.1) is 22.6 Å². The Labute approximate surface area is 160 Å². The lowest BCUT2D eigenvalue weighted by Crippen LogP contribution is -2.29. The SMILES string of the molecule is CC(=O)N1C(c2ccccc2)=CC(C)(c2ccccc2)Nc2ccccc21. The Bertz CT molecular complexity index is 995. The van der Waals surface area contributed by atoms with E-state index in [-0.39, 0.29) is 5.91 Å². The quantitative estimate of drug-likeness (QED) is 0.666. The van der Waals surface area contributed by atoms with Gasteiger partial charge in [0.2, 0.25) is 5.91 Å². The average molecular weight is 354 g/mol. The normalized spacial score (nSPS) is 18.7.